The summed E-state index contributed by atoms with van der Waals surface area (Å²) in [6.45, 7) is 9.56. The van der Waals surface area contributed by atoms with E-state index in [0.717, 1.165) is 44.9 Å². The van der Waals surface area contributed by atoms with Crippen LogP contribution in [0, 0.1) is 28.6 Å². The van der Waals surface area contributed by atoms with Gasteiger partial charge >= 0.3 is 0 Å². The predicted octanol–water partition coefficient (Wildman–Crippen LogP) is 1.29. The average molecular weight is 801 g/mol. The van der Waals surface area contributed by atoms with Gasteiger partial charge in [0.2, 0.25) is 0 Å². The first-order valence-corrected chi connectivity index (χ1v) is 20.9. The van der Waals surface area contributed by atoms with Gasteiger partial charge in [0.25, 0.3) is 0 Å². The fourth-order valence-electron chi connectivity index (χ4n) is 12.3. The van der Waals surface area contributed by atoms with Crippen LogP contribution in [0.1, 0.15) is 92.4 Å². The van der Waals surface area contributed by atoms with E-state index in [-0.39, 0.29) is 29.5 Å². The van der Waals surface area contributed by atoms with E-state index in [4.69, 9.17) is 37.9 Å². The fourth-order valence-corrected chi connectivity index (χ4v) is 12.3. The third kappa shape index (κ3) is 7.25. The number of rotatable bonds is 10. The molecular weight excluding hydrogens is 732 g/mol. The lowest BCUT2D eigenvalue weighted by molar-refractivity contribution is -0.342. The molecule has 3 aliphatic heterocycles. The molecule has 0 bridgehead atoms. The van der Waals surface area contributed by atoms with Gasteiger partial charge < -0.3 is 73.6 Å². The van der Waals surface area contributed by atoms with Crippen molar-refractivity contribution < 1.29 is 73.6 Å². The molecule has 0 aromatic rings. The molecule has 22 unspecified atom stereocenters. The molecule has 0 spiro atoms. The molecular formula is C41H68O15. The van der Waals surface area contributed by atoms with Gasteiger partial charge in [0.1, 0.15) is 48.8 Å². The lowest BCUT2D eigenvalue weighted by Crippen LogP contribution is -2.62. The quantitative estimate of drug-likeness (QED) is 0.155. The van der Waals surface area contributed by atoms with Gasteiger partial charge in [-0.15, -0.1) is 0 Å². The molecule has 0 aromatic heterocycles. The van der Waals surface area contributed by atoms with Crippen molar-refractivity contribution in [1.29, 1.82) is 0 Å². The standard InChI is InChI=1S/C41H68O15/c1-19(52-37-33(46)32(45)31(44)28(18-42)55-37)24-12-15-41(48)26-9-8-22-16-23(10-13-39(22,4)25(26)11-14-40(24,41)5)54-29-17-27(49-6)35(21(3)51-29)56-38-34(47)36(50-7)30(43)20(2)53-38/h8,19-21,23-38,42-48H,9-18H2,1-7H3. The zero-order valence-electron chi connectivity index (χ0n) is 34.0. The van der Waals surface area contributed by atoms with Crippen LogP contribution in [0.2, 0.25) is 0 Å². The van der Waals surface area contributed by atoms with Crippen molar-refractivity contribution in [2.75, 3.05) is 20.8 Å². The highest BCUT2D eigenvalue weighted by molar-refractivity contribution is 5.28. The van der Waals surface area contributed by atoms with Crippen LogP contribution < -0.4 is 0 Å². The smallest absolute Gasteiger partial charge is 0.187 e. The SMILES string of the molecule is COC1CC(OC2CCC3(C)C(=CCC4C3CCC3(C)C(C(C)OC5OC(CO)C(O)C(O)C5O)CCC43O)C2)OC(C)C1OC1OC(C)C(O)C(OC)C1O. The minimum Gasteiger partial charge on any atom is -0.394 e. The summed E-state index contributed by atoms with van der Waals surface area (Å²) < 4.78 is 48.3. The Hall–Kier alpha value is -0.860. The fraction of sp³-hybridized carbons (Fsp3) is 0.951. The Balaban J connectivity index is 0.974. The van der Waals surface area contributed by atoms with Crippen LogP contribution in [0.3, 0.4) is 0 Å². The Bertz CT molecular complexity index is 1380. The Morgan fingerprint density at radius 2 is 1.54 bits per heavy atom. The van der Waals surface area contributed by atoms with Crippen molar-refractivity contribution in [3.05, 3.63) is 11.6 Å². The summed E-state index contributed by atoms with van der Waals surface area (Å²) >= 11 is 0. The van der Waals surface area contributed by atoms with Crippen molar-refractivity contribution in [2.24, 2.45) is 28.6 Å². The van der Waals surface area contributed by atoms with Crippen LogP contribution in [-0.4, -0.2) is 160 Å². The number of allylic oxidation sites excluding steroid dienone is 1. The molecule has 7 aliphatic rings. The summed E-state index contributed by atoms with van der Waals surface area (Å²) in [7, 11) is 3.06. The number of hydrogen-bond donors (Lipinski definition) is 7. The van der Waals surface area contributed by atoms with E-state index >= 15 is 0 Å². The number of fused-ring (bicyclic) bond motifs is 5. The Kier molecular flexibility index (Phi) is 12.8. The van der Waals surface area contributed by atoms with Gasteiger partial charge in [0, 0.05) is 26.1 Å². The van der Waals surface area contributed by atoms with E-state index in [9.17, 15) is 35.7 Å². The minimum atomic E-state index is -1.51. The first-order chi connectivity index (χ1) is 26.5. The van der Waals surface area contributed by atoms with E-state index in [1.165, 1.54) is 12.7 Å². The second kappa shape index (κ2) is 16.5. The molecule has 0 aromatic carbocycles. The van der Waals surface area contributed by atoms with E-state index in [0.29, 0.717) is 18.8 Å². The largest absolute Gasteiger partial charge is 0.394 e. The van der Waals surface area contributed by atoms with E-state index in [1.807, 2.05) is 13.8 Å². The van der Waals surface area contributed by atoms with Crippen molar-refractivity contribution in [3.63, 3.8) is 0 Å². The summed E-state index contributed by atoms with van der Waals surface area (Å²) in [4.78, 5) is 0. The summed E-state index contributed by atoms with van der Waals surface area (Å²) in [6, 6.07) is 0. The summed E-state index contributed by atoms with van der Waals surface area (Å²) in [6.07, 6.45) is -4.36. The number of hydrogen-bond acceptors (Lipinski definition) is 15. The third-order valence-electron chi connectivity index (χ3n) is 15.7. The Labute approximate surface area is 330 Å². The average Bonchev–Trinajstić information content (AvgIpc) is 3.45. The zero-order valence-corrected chi connectivity index (χ0v) is 34.0. The van der Waals surface area contributed by atoms with Gasteiger partial charge in [0.15, 0.2) is 18.9 Å². The number of methoxy groups -OCH3 is 2. The van der Waals surface area contributed by atoms with Crippen molar-refractivity contribution in [1.82, 2.24) is 0 Å². The predicted molar refractivity (Wildman–Crippen MR) is 198 cm³/mol. The van der Waals surface area contributed by atoms with E-state index in [2.05, 4.69) is 19.9 Å². The Morgan fingerprint density at radius 1 is 0.786 bits per heavy atom. The molecule has 15 nitrogen and oxygen atoms in total. The first kappa shape index (κ1) is 43.2. The van der Waals surface area contributed by atoms with Crippen LogP contribution in [0.15, 0.2) is 11.6 Å². The van der Waals surface area contributed by atoms with Gasteiger partial charge in [-0.3, -0.25) is 0 Å². The maximum atomic E-state index is 12.8. The van der Waals surface area contributed by atoms with E-state index in [1.54, 1.807) is 14.0 Å². The molecule has 0 amide bonds. The highest BCUT2D eigenvalue weighted by Gasteiger charge is 2.67. The highest BCUT2D eigenvalue weighted by atomic mass is 16.7. The molecule has 7 rings (SSSR count). The van der Waals surface area contributed by atoms with Gasteiger partial charge in [-0.2, -0.15) is 0 Å². The summed E-state index contributed by atoms with van der Waals surface area (Å²) in [5.74, 6) is 0.361. The van der Waals surface area contributed by atoms with Gasteiger partial charge in [0.05, 0.1) is 42.7 Å². The molecule has 0 radical (unpaired) electrons. The van der Waals surface area contributed by atoms with Crippen LogP contribution in [0.25, 0.3) is 0 Å². The Morgan fingerprint density at radius 3 is 2.23 bits per heavy atom. The lowest BCUT2D eigenvalue weighted by atomic mass is 9.45. The monoisotopic (exact) mass is 800 g/mol. The second-order valence-electron chi connectivity index (χ2n) is 18.4. The minimum absolute atomic E-state index is 0.0269. The molecule has 56 heavy (non-hydrogen) atoms. The maximum absolute atomic E-state index is 12.8. The van der Waals surface area contributed by atoms with Crippen LogP contribution in [0.4, 0.5) is 0 Å². The van der Waals surface area contributed by atoms with Crippen molar-refractivity contribution in [3.8, 4) is 0 Å². The molecule has 15 heteroatoms. The molecule has 3 saturated heterocycles. The van der Waals surface area contributed by atoms with E-state index < -0.39 is 104 Å². The normalized spacial score (nSPS) is 54.1. The molecule has 322 valence electrons. The topological polar surface area (TPSA) is 215 Å². The maximum Gasteiger partial charge on any atom is 0.187 e. The molecule has 22 atom stereocenters. The third-order valence-corrected chi connectivity index (χ3v) is 15.7. The number of ether oxygens (including phenoxy) is 8. The highest BCUT2D eigenvalue weighted by Crippen LogP contribution is 2.68. The van der Waals surface area contributed by atoms with Crippen molar-refractivity contribution >= 4 is 0 Å². The van der Waals surface area contributed by atoms with Crippen LogP contribution in [-0.2, 0) is 37.9 Å². The van der Waals surface area contributed by atoms with Crippen LogP contribution >= 0.6 is 0 Å². The summed E-state index contributed by atoms with van der Waals surface area (Å²) in [5.41, 5.74) is -0.0367. The van der Waals surface area contributed by atoms with Gasteiger partial charge in [-0.1, -0.05) is 25.5 Å². The van der Waals surface area contributed by atoms with Crippen LogP contribution in [0.5, 0.6) is 0 Å². The zero-order chi connectivity index (χ0) is 40.5. The molecule has 6 fully saturated rings. The van der Waals surface area contributed by atoms with Gasteiger partial charge in [-0.25, -0.2) is 0 Å². The summed E-state index contributed by atoms with van der Waals surface area (Å²) in [5, 5.41) is 74.9. The molecule has 7 N–H and O–H groups in total. The molecule has 4 aliphatic carbocycles. The molecule has 3 saturated carbocycles. The number of aliphatic hydroxyl groups excluding tert-OH is 6. The van der Waals surface area contributed by atoms with Gasteiger partial charge in [-0.05, 0) is 95.3 Å². The lowest BCUT2D eigenvalue weighted by Gasteiger charge is -2.61. The van der Waals surface area contributed by atoms with Crippen molar-refractivity contribution in [2.45, 2.75) is 196 Å². The molecule has 3 heterocycles. The second-order valence-corrected chi connectivity index (χ2v) is 18.4. The number of aliphatic hydroxyl groups is 7. The first-order valence-electron chi connectivity index (χ1n) is 20.9.